The third-order valence-corrected chi connectivity index (χ3v) is 5.62. The Morgan fingerprint density at radius 2 is 1.85 bits per heavy atom. The summed E-state index contributed by atoms with van der Waals surface area (Å²) in [5, 5.41) is 4.10. The second-order valence-electron chi connectivity index (χ2n) is 7.02. The number of piperazine rings is 1. The Morgan fingerprint density at radius 1 is 1.11 bits per heavy atom. The van der Waals surface area contributed by atoms with Gasteiger partial charge >= 0.3 is 0 Å². The molecule has 0 spiro atoms. The van der Waals surface area contributed by atoms with Crippen molar-refractivity contribution in [2.24, 2.45) is 0 Å². The topological polar surface area (TPSA) is 51.4 Å². The predicted molar refractivity (Wildman–Crippen MR) is 113 cm³/mol. The van der Waals surface area contributed by atoms with Gasteiger partial charge in [0.2, 0.25) is 0 Å². The molecule has 0 aliphatic carbocycles. The largest absolute Gasteiger partial charge is 0.368 e. The number of rotatable bonds is 4. The van der Waals surface area contributed by atoms with Gasteiger partial charge in [-0.2, -0.15) is 0 Å². The van der Waals surface area contributed by atoms with Crippen molar-refractivity contribution in [2.75, 3.05) is 38.1 Å². The zero-order valence-corrected chi connectivity index (χ0v) is 16.9. The van der Waals surface area contributed by atoms with Crippen molar-refractivity contribution in [1.82, 2.24) is 15.2 Å². The predicted octanol–water partition coefficient (Wildman–Crippen LogP) is 3.61. The van der Waals surface area contributed by atoms with Crippen LogP contribution in [-0.2, 0) is 6.54 Å². The smallest absolute Gasteiger partial charge is 0.267 e. The number of halogens is 1. The number of fused-ring (bicyclic) bond motifs is 1. The van der Waals surface area contributed by atoms with E-state index in [-0.39, 0.29) is 5.91 Å². The van der Waals surface area contributed by atoms with Crippen molar-refractivity contribution in [3.63, 3.8) is 0 Å². The monoisotopic (exact) mass is 426 g/mol. The molecule has 2 aromatic carbocycles. The summed E-state index contributed by atoms with van der Waals surface area (Å²) in [6.45, 7) is 4.63. The summed E-state index contributed by atoms with van der Waals surface area (Å²) < 4.78 is 1.03. The number of aromatic amines is 1. The fraction of sp³-hybridized carbons (Fsp3) is 0.286. The number of likely N-dealkylation sites (N-methyl/N-ethyl adjacent to an activating group) is 1. The molecule has 27 heavy (non-hydrogen) atoms. The molecule has 2 heterocycles. The lowest BCUT2D eigenvalue weighted by Crippen LogP contribution is -2.44. The van der Waals surface area contributed by atoms with Gasteiger partial charge in [-0.25, -0.2) is 0 Å². The summed E-state index contributed by atoms with van der Waals surface area (Å²) in [5.74, 6) is -0.0848. The maximum absolute atomic E-state index is 12.6. The first kappa shape index (κ1) is 18.1. The number of anilines is 1. The molecule has 5 nitrogen and oxygen atoms in total. The van der Waals surface area contributed by atoms with Crippen molar-refractivity contribution in [3.8, 4) is 0 Å². The second kappa shape index (κ2) is 7.74. The van der Waals surface area contributed by atoms with E-state index in [0.29, 0.717) is 12.2 Å². The molecule has 1 saturated heterocycles. The van der Waals surface area contributed by atoms with E-state index in [1.165, 1.54) is 5.69 Å². The SMILES string of the molecule is CN1CCN(c2cccc3[nH]c(C(=O)NCc4ccc(Br)cc4)cc23)CC1. The van der Waals surface area contributed by atoms with E-state index in [4.69, 9.17) is 0 Å². The standard InChI is InChI=1S/C21H23BrN4O/c1-25-9-11-26(12-10-25)20-4-2-3-18-17(20)13-19(24-18)21(27)23-14-15-5-7-16(22)8-6-15/h2-8,13,24H,9-12,14H2,1H3,(H,23,27). The van der Waals surface area contributed by atoms with Gasteiger partial charge in [0.15, 0.2) is 0 Å². The summed E-state index contributed by atoms with van der Waals surface area (Å²) in [7, 11) is 2.15. The first-order chi connectivity index (χ1) is 13.1. The summed E-state index contributed by atoms with van der Waals surface area (Å²) in [6.07, 6.45) is 0. The summed E-state index contributed by atoms with van der Waals surface area (Å²) in [5.41, 5.74) is 3.87. The maximum atomic E-state index is 12.6. The van der Waals surface area contributed by atoms with Gasteiger partial charge in [-0.15, -0.1) is 0 Å². The Bertz CT molecular complexity index is 942. The van der Waals surface area contributed by atoms with Crippen LogP contribution in [0.2, 0.25) is 0 Å². The molecule has 1 aliphatic rings. The Hall–Kier alpha value is -2.31. The van der Waals surface area contributed by atoms with E-state index >= 15 is 0 Å². The number of aromatic nitrogens is 1. The fourth-order valence-electron chi connectivity index (χ4n) is 3.46. The summed E-state index contributed by atoms with van der Waals surface area (Å²) in [4.78, 5) is 20.6. The number of H-pyrrole nitrogens is 1. The lowest BCUT2D eigenvalue weighted by atomic mass is 10.1. The number of hydrogen-bond acceptors (Lipinski definition) is 3. The summed E-state index contributed by atoms with van der Waals surface area (Å²) >= 11 is 3.43. The first-order valence-corrected chi connectivity index (χ1v) is 9.97. The molecule has 4 rings (SSSR count). The minimum absolute atomic E-state index is 0.0848. The molecule has 0 bridgehead atoms. The van der Waals surface area contributed by atoms with Crippen LogP contribution in [-0.4, -0.2) is 49.0 Å². The van der Waals surface area contributed by atoms with Crippen LogP contribution in [0.5, 0.6) is 0 Å². The van der Waals surface area contributed by atoms with Crippen molar-refractivity contribution >= 4 is 38.4 Å². The van der Waals surface area contributed by atoms with E-state index in [0.717, 1.165) is 47.1 Å². The van der Waals surface area contributed by atoms with Crippen LogP contribution in [0, 0.1) is 0 Å². The molecule has 2 N–H and O–H groups in total. The van der Waals surface area contributed by atoms with E-state index in [1.54, 1.807) is 0 Å². The fourth-order valence-corrected chi connectivity index (χ4v) is 3.73. The first-order valence-electron chi connectivity index (χ1n) is 9.18. The van der Waals surface area contributed by atoms with E-state index in [2.05, 4.69) is 55.2 Å². The molecule has 0 unspecified atom stereocenters. The Labute approximate surface area is 167 Å². The molecule has 0 radical (unpaired) electrons. The van der Waals surface area contributed by atoms with Gasteiger partial charge in [0.1, 0.15) is 5.69 Å². The van der Waals surface area contributed by atoms with Gasteiger partial charge in [0, 0.05) is 53.8 Å². The third kappa shape index (κ3) is 4.01. The van der Waals surface area contributed by atoms with Gasteiger partial charge in [-0.1, -0.05) is 34.1 Å². The van der Waals surface area contributed by atoms with Crippen LogP contribution in [0.1, 0.15) is 16.1 Å². The molecule has 1 fully saturated rings. The summed E-state index contributed by atoms with van der Waals surface area (Å²) in [6, 6.07) is 16.2. The van der Waals surface area contributed by atoms with Crippen LogP contribution in [0.15, 0.2) is 53.0 Å². The minimum Gasteiger partial charge on any atom is -0.368 e. The number of nitrogens with one attached hydrogen (secondary N) is 2. The Morgan fingerprint density at radius 3 is 2.59 bits per heavy atom. The minimum atomic E-state index is -0.0848. The van der Waals surface area contributed by atoms with Gasteiger partial charge in [-0.3, -0.25) is 4.79 Å². The number of benzene rings is 2. The molecule has 1 amide bonds. The molecule has 0 atom stereocenters. The van der Waals surface area contributed by atoms with Crippen LogP contribution in [0.4, 0.5) is 5.69 Å². The normalized spacial score (nSPS) is 15.3. The zero-order chi connectivity index (χ0) is 18.8. The van der Waals surface area contributed by atoms with Crippen molar-refractivity contribution in [1.29, 1.82) is 0 Å². The van der Waals surface area contributed by atoms with Gasteiger partial charge in [0.25, 0.3) is 5.91 Å². The highest BCUT2D eigenvalue weighted by molar-refractivity contribution is 9.10. The van der Waals surface area contributed by atoms with Crippen LogP contribution >= 0.6 is 15.9 Å². The average Bonchev–Trinajstić information content (AvgIpc) is 3.12. The number of amides is 1. The van der Waals surface area contributed by atoms with Crippen LogP contribution < -0.4 is 10.2 Å². The van der Waals surface area contributed by atoms with Crippen LogP contribution in [0.3, 0.4) is 0 Å². The number of nitrogens with zero attached hydrogens (tertiary/aromatic N) is 2. The Kier molecular flexibility index (Phi) is 5.18. The third-order valence-electron chi connectivity index (χ3n) is 5.10. The highest BCUT2D eigenvalue weighted by Gasteiger charge is 2.18. The highest BCUT2D eigenvalue weighted by atomic mass is 79.9. The molecule has 1 aliphatic heterocycles. The lowest BCUT2D eigenvalue weighted by Gasteiger charge is -2.34. The average molecular weight is 427 g/mol. The number of carbonyl (C=O) groups is 1. The van der Waals surface area contributed by atoms with Crippen molar-refractivity contribution in [2.45, 2.75) is 6.54 Å². The molecule has 3 aromatic rings. The lowest BCUT2D eigenvalue weighted by molar-refractivity contribution is 0.0947. The van der Waals surface area contributed by atoms with E-state index in [9.17, 15) is 4.79 Å². The number of hydrogen-bond donors (Lipinski definition) is 2. The highest BCUT2D eigenvalue weighted by Crippen LogP contribution is 2.28. The Balaban J connectivity index is 1.51. The van der Waals surface area contributed by atoms with Gasteiger partial charge in [-0.05, 0) is 42.9 Å². The molecular weight excluding hydrogens is 404 g/mol. The number of carbonyl (C=O) groups excluding carboxylic acids is 1. The quantitative estimate of drug-likeness (QED) is 0.669. The molecule has 0 saturated carbocycles. The van der Waals surface area contributed by atoms with E-state index in [1.807, 2.05) is 36.4 Å². The molecular formula is C21H23BrN4O. The van der Waals surface area contributed by atoms with Gasteiger partial charge in [0.05, 0.1) is 0 Å². The molecule has 6 heteroatoms. The van der Waals surface area contributed by atoms with Gasteiger partial charge < -0.3 is 20.1 Å². The van der Waals surface area contributed by atoms with Crippen molar-refractivity contribution in [3.05, 3.63) is 64.3 Å². The second-order valence-corrected chi connectivity index (χ2v) is 7.94. The van der Waals surface area contributed by atoms with Crippen LogP contribution in [0.25, 0.3) is 10.9 Å². The van der Waals surface area contributed by atoms with Crippen molar-refractivity contribution < 1.29 is 4.79 Å². The molecule has 1 aromatic heterocycles. The molecule has 140 valence electrons. The van der Waals surface area contributed by atoms with E-state index < -0.39 is 0 Å². The zero-order valence-electron chi connectivity index (χ0n) is 15.3. The maximum Gasteiger partial charge on any atom is 0.267 e.